The number of hydrogen-bond donors (Lipinski definition) is 2. The minimum absolute atomic E-state index is 0.233. The van der Waals surface area contributed by atoms with Gasteiger partial charge < -0.3 is 10.4 Å². The van der Waals surface area contributed by atoms with E-state index >= 15 is 0 Å². The van der Waals surface area contributed by atoms with Gasteiger partial charge in [0.25, 0.3) is 5.56 Å². The fraction of sp³-hybridized carbons (Fsp3) is 0.167. The maximum absolute atomic E-state index is 13.0. The van der Waals surface area contributed by atoms with Crippen LogP contribution in [0.25, 0.3) is 16.6 Å². The van der Waals surface area contributed by atoms with E-state index in [1.807, 2.05) is 30.3 Å². The zero-order valence-corrected chi connectivity index (χ0v) is 14.0. The number of hydrogen-bond acceptors (Lipinski definition) is 3. The van der Waals surface area contributed by atoms with Gasteiger partial charge in [-0.05, 0) is 30.7 Å². The zero-order chi connectivity index (χ0) is 17.8. The maximum atomic E-state index is 13.0. The molecule has 0 bridgehead atoms. The Balaban J connectivity index is 2.10. The molecule has 0 radical (unpaired) electrons. The number of aromatic nitrogens is 2. The molecule has 0 aliphatic heterocycles. The molecule has 25 heavy (non-hydrogen) atoms. The van der Waals surface area contributed by atoms with Crippen LogP contribution in [0, 0.1) is 0 Å². The fourth-order valence-corrected chi connectivity index (χ4v) is 2.94. The van der Waals surface area contributed by atoms with E-state index in [9.17, 15) is 9.59 Å². The third-order valence-electron chi connectivity index (χ3n) is 3.78. The molecule has 0 atom stereocenters. The summed E-state index contributed by atoms with van der Waals surface area (Å²) in [4.78, 5) is 28.2. The first kappa shape index (κ1) is 17.0. The lowest BCUT2D eigenvalue weighted by atomic mass is 10.2. The number of nitrogens with one attached hydrogen (secondary N) is 1. The molecule has 2 N–H and O–H groups in total. The highest BCUT2D eigenvalue weighted by molar-refractivity contribution is 6.35. The number of aryl methyl sites for hydroxylation is 1. The molecule has 3 rings (SSSR count). The third kappa shape index (κ3) is 3.64. The van der Waals surface area contributed by atoms with Crippen LogP contribution in [0.3, 0.4) is 0 Å². The topological polar surface area (TPSA) is 84.2 Å². The largest absolute Gasteiger partial charge is 0.465 e. The summed E-state index contributed by atoms with van der Waals surface area (Å²) in [6.45, 7) is 0.285. The molecule has 3 aromatic rings. The van der Waals surface area contributed by atoms with E-state index in [0.29, 0.717) is 40.3 Å². The molecule has 6 nitrogen and oxygen atoms in total. The van der Waals surface area contributed by atoms with Crippen molar-refractivity contribution in [3.05, 3.63) is 69.7 Å². The summed E-state index contributed by atoms with van der Waals surface area (Å²) in [7, 11) is 0. The molecule has 0 aliphatic carbocycles. The van der Waals surface area contributed by atoms with E-state index in [2.05, 4.69) is 10.3 Å². The molecule has 2 aromatic carbocycles. The third-order valence-corrected chi connectivity index (χ3v) is 4.10. The van der Waals surface area contributed by atoms with Crippen molar-refractivity contribution >= 4 is 28.6 Å². The Morgan fingerprint density at radius 3 is 2.64 bits per heavy atom. The van der Waals surface area contributed by atoms with Gasteiger partial charge in [0.05, 0.1) is 21.6 Å². The Labute approximate surface area is 148 Å². The summed E-state index contributed by atoms with van der Waals surface area (Å²) in [5.41, 5.74) is 0.997. The molecule has 1 heterocycles. The summed E-state index contributed by atoms with van der Waals surface area (Å²) in [6, 6.07) is 14.4. The van der Waals surface area contributed by atoms with Crippen molar-refractivity contribution in [1.82, 2.24) is 14.9 Å². The van der Waals surface area contributed by atoms with E-state index in [-0.39, 0.29) is 12.1 Å². The Hall–Kier alpha value is -2.86. The summed E-state index contributed by atoms with van der Waals surface area (Å²) in [5.74, 6) is 0.568. The number of carbonyl (C=O) groups is 1. The van der Waals surface area contributed by atoms with Crippen LogP contribution in [-0.4, -0.2) is 27.3 Å². The minimum Gasteiger partial charge on any atom is -0.465 e. The molecular formula is C18H16ClN3O3. The van der Waals surface area contributed by atoms with Crippen LogP contribution in [0.1, 0.15) is 12.2 Å². The van der Waals surface area contributed by atoms with Crippen molar-refractivity contribution < 1.29 is 9.90 Å². The van der Waals surface area contributed by atoms with E-state index in [4.69, 9.17) is 16.7 Å². The lowest BCUT2D eigenvalue weighted by Gasteiger charge is -2.14. The summed E-state index contributed by atoms with van der Waals surface area (Å²) < 4.78 is 1.54. The zero-order valence-electron chi connectivity index (χ0n) is 13.3. The van der Waals surface area contributed by atoms with Crippen LogP contribution < -0.4 is 10.9 Å². The molecule has 0 aliphatic rings. The SMILES string of the molecule is O=C(O)NCCCc1nc2cccc(Cl)c2c(=O)n1-c1ccccc1. The standard InChI is InChI=1S/C18H16ClN3O3/c19-13-8-4-9-14-16(13)17(23)22(12-6-2-1-3-7-12)15(21-14)10-5-11-20-18(24)25/h1-4,6-9,20H,5,10-11H2,(H,24,25). The Kier molecular flexibility index (Phi) is 5.00. The smallest absolute Gasteiger partial charge is 0.404 e. The first-order valence-corrected chi connectivity index (χ1v) is 8.18. The maximum Gasteiger partial charge on any atom is 0.404 e. The van der Waals surface area contributed by atoms with Gasteiger partial charge in [0.15, 0.2) is 0 Å². The molecule has 0 saturated carbocycles. The minimum atomic E-state index is -1.07. The van der Waals surface area contributed by atoms with Crippen LogP contribution in [0.5, 0.6) is 0 Å². The lowest BCUT2D eigenvalue weighted by Crippen LogP contribution is -2.26. The Morgan fingerprint density at radius 1 is 1.16 bits per heavy atom. The lowest BCUT2D eigenvalue weighted by molar-refractivity contribution is 0.194. The van der Waals surface area contributed by atoms with Gasteiger partial charge in [-0.2, -0.15) is 0 Å². The van der Waals surface area contributed by atoms with Crippen LogP contribution in [0.2, 0.25) is 5.02 Å². The predicted octanol–water partition coefficient (Wildman–Crippen LogP) is 3.24. The van der Waals surface area contributed by atoms with Crippen LogP contribution in [-0.2, 0) is 6.42 Å². The summed E-state index contributed by atoms with van der Waals surface area (Å²) in [6.07, 6.45) is -0.0939. The highest BCUT2D eigenvalue weighted by Crippen LogP contribution is 2.20. The molecule has 1 amide bonds. The van der Waals surface area contributed by atoms with Crippen molar-refractivity contribution in [3.8, 4) is 5.69 Å². The van der Waals surface area contributed by atoms with E-state index in [0.717, 1.165) is 0 Å². The fourth-order valence-electron chi connectivity index (χ4n) is 2.69. The van der Waals surface area contributed by atoms with E-state index < -0.39 is 6.09 Å². The molecule has 128 valence electrons. The van der Waals surface area contributed by atoms with Gasteiger partial charge in [0.2, 0.25) is 0 Å². The first-order chi connectivity index (χ1) is 12.1. The molecule has 0 unspecified atom stereocenters. The quantitative estimate of drug-likeness (QED) is 0.686. The van der Waals surface area contributed by atoms with Gasteiger partial charge in [0, 0.05) is 13.0 Å². The van der Waals surface area contributed by atoms with Gasteiger partial charge in [0.1, 0.15) is 5.82 Å². The second-order valence-electron chi connectivity index (χ2n) is 5.47. The second kappa shape index (κ2) is 7.36. The van der Waals surface area contributed by atoms with Gasteiger partial charge in [-0.25, -0.2) is 9.78 Å². The number of halogens is 1. The highest BCUT2D eigenvalue weighted by Gasteiger charge is 2.14. The number of rotatable bonds is 5. The van der Waals surface area contributed by atoms with Crippen molar-refractivity contribution in [2.75, 3.05) is 6.54 Å². The normalized spacial score (nSPS) is 10.8. The van der Waals surface area contributed by atoms with Gasteiger partial charge >= 0.3 is 6.09 Å². The van der Waals surface area contributed by atoms with E-state index in [1.54, 1.807) is 18.2 Å². The number of nitrogens with zero attached hydrogens (tertiary/aromatic N) is 2. The predicted molar refractivity (Wildman–Crippen MR) is 96.7 cm³/mol. The van der Waals surface area contributed by atoms with E-state index in [1.165, 1.54) is 4.57 Å². The molecule has 0 saturated heterocycles. The Bertz CT molecular complexity index is 970. The average Bonchev–Trinajstić information content (AvgIpc) is 2.59. The van der Waals surface area contributed by atoms with Crippen LogP contribution in [0.15, 0.2) is 53.3 Å². The van der Waals surface area contributed by atoms with Crippen molar-refractivity contribution in [2.45, 2.75) is 12.8 Å². The number of benzene rings is 2. The van der Waals surface area contributed by atoms with Gasteiger partial charge in [-0.15, -0.1) is 0 Å². The molecule has 0 fully saturated rings. The Morgan fingerprint density at radius 2 is 1.92 bits per heavy atom. The van der Waals surface area contributed by atoms with Crippen molar-refractivity contribution in [2.24, 2.45) is 0 Å². The van der Waals surface area contributed by atoms with Crippen molar-refractivity contribution in [1.29, 1.82) is 0 Å². The van der Waals surface area contributed by atoms with Gasteiger partial charge in [-0.1, -0.05) is 35.9 Å². The summed E-state index contributed by atoms with van der Waals surface area (Å²) in [5, 5.41) is 11.7. The highest BCUT2D eigenvalue weighted by atomic mass is 35.5. The number of amides is 1. The average molecular weight is 358 g/mol. The van der Waals surface area contributed by atoms with Crippen LogP contribution in [0.4, 0.5) is 4.79 Å². The van der Waals surface area contributed by atoms with Crippen molar-refractivity contribution in [3.63, 3.8) is 0 Å². The molecule has 7 heteroatoms. The van der Waals surface area contributed by atoms with Gasteiger partial charge in [-0.3, -0.25) is 9.36 Å². The molecule has 1 aromatic heterocycles. The molecule has 0 spiro atoms. The number of carboxylic acid groups (broad SMARTS) is 1. The van der Waals surface area contributed by atoms with Crippen LogP contribution >= 0.6 is 11.6 Å². The first-order valence-electron chi connectivity index (χ1n) is 7.80. The number of fused-ring (bicyclic) bond motifs is 1. The number of para-hydroxylation sites is 1. The molecular weight excluding hydrogens is 342 g/mol. The summed E-state index contributed by atoms with van der Waals surface area (Å²) >= 11 is 6.21. The second-order valence-corrected chi connectivity index (χ2v) is 5.88. The monoisotopic (exact) mass is 357 g/mol.